The second-order valence-corrected chi connectivity index (χ2v) is 3.74. The van der Waals surface area contributed by atoms with Gasteiger partial charge in [-0.2, -0.15) is 0 Å². The second-order valence-electron chi connectivity index (χ2n) is 3.74. The van der Waals surface area contributed by atoms with E-state index in [2.05, 4.69) is 29.5 Å². The molecule has 0 radical (unpaired) electrons. The van der Waals surface area contributed by atoms with Gasteiger partial charge in [-0.15, -0.1) is 0 Å². The van der Waals surface area contributed by atoms with Gasteiger partial charge in [-0.25, -0.2) is 0 Å². The molecule has 0 aliphatic heterocycles. The first-order valence-corrected chi connectivity index (χ1v) is 5.33. The summed E-state index contributed by atoms with van der Waals surface area (Å²) in [5.74, 6) is 0. The number of benzene rings is 1. The van der Waals surface area contributed by atoms with Crippen LogP contribution in [0.3, 0.4) is 0 Å². The lowest BCUT2D eigenvalue weighted by molar-refractivity contribution is 0.448. The first kappa shape index (κ1) is 10.0. The largest absolute Gasteiger partial charge is 0.388 e. The molecule has 1 aromatic carbocycles. The average molecular weight is 204 g/mol. The molecule has 3 nitrogen and oxygen atoms in total. The highest BCUT2D eigenvalue weighted by molar-refractivity contribution is 5.87. The summed E-state index contributed by atoms with van der Waals surface area (Å²) in [7, 11) is 1.93. The zero-order chi connectivity index (χ0) is 10.8. The third-order valence-electron chi connectivity index (χ3n) is 2.69. The quantitative estimate of drug-likeness (QED) is 0.834. The Morgan fingerprint density at radius 2 is 2.20 bits per heavy atom. The molecule has 15 heavy (non-hydrogen) atoms. The third-order valence-corrected chi connectivity index (χ3v) is 2.69. The van der Waals surface area contributed by atoms with Crippen molar-refractivity contribution in [3.05, 3.63) is 23.4 Å². The van der Waals surface area contributed by atoms with Crippen LogP contribution in [0.2, 0.25) is 0 Å². The molecule has 0 bridgehead atoms. The van der Waals surface area contributed by atoms with Gasteiger partial charge in [-0.1, -0.05) is 18.5 Å². The zero-order valence-electron chi connectivity index (χ0n) is 9.42. The lowest BCUT2D eigenvalue weighted by atomic mass is 10.0. The van der Waals surface area contributed by atoms with Crippen molar-refractivity contribution in [1.82, 2.24) is 5.16 Å². The standard InChI is InChI=1S/C12H16N2O/c1-4-5-10-11(13-3)7-6-9-8(2)14-15-12(9)10/h6-7,13H,4-5H2,1-3H3. The Bertz CT molecular complexity index is 474. The van der Waals surface area contributed by atoms with Crippen molar-refractivity contribution in [1.29, 1.82) is 0 Å². The number of anilines is 1. The lowest BCUT2D eigenvalue weighted by Crippen LogP contribution is -1.95. The Labute approximate surface area is 89.5 Å². The molecule has 2 rings (SSSR count). The molecule has 0 unspecified atom stereocenters. The van der Waals surface area contributed by atoms with Gasteiger partial charge in [-0.05, 0) is 25.5 Å². The molecule has 0 aliphatic rings. The van der Waals surface area contributed by atoms with Crippen LogP contribution in [0, 0.1) is 6.92 Å². The van der Waals surface area contributed by atoms with Gasteiger partial charge in [-0.3, -0.25) is 0 Å². The average Bonchev–Trinajstić information content (AvgIpc) is 2.62. The summed E-state index contributed by atoms with van der Waals surface area (Å²) in [5, 5.41) is 8.33. The van der Waals surface area contributed by atoms with Crippen molar-refractivity contribution < 1.29 is 4.52 Å². The topological polar surface area (TPSA) is 38.1 Å². The van der Waals surface area contributed by atoms with E-state index in [4.69, 9.17) is 4.52 Å². The van der Waals surface area contributed by atoms with E-state index >= 15 is 0 Å². The Morgan fingerprint density at radius 1 is 1.40 bits per heavy atom. The van der Waals surface area contributed by atoms with Crippen LogP contribution in [0.25, 0.3) is 11.0 Å². The molecule has 0 saturated carbocycles. The van der Waals surface area contributed by atoms with Crippen molar-refractivity contribution in [3.8, 4) is 0 Å². The summed E-state index contributed by atoms with van der Waals surface area (Å²) < 4.78 is 5.38. The predicted molar refractivity (Wildman–Crippen MR) is 62.3 cm³/mol. The van der Waals surface area contributed by atoms with Crippen molar-refractivity contribution in [2.75, 3.05) is 12.4 Å². The normalized spacial score (nSPS) is 10.9. The van der Waals surface area contributed by atoms with Gasteiger partial charge in [0.1, 0.15) is 0 Å². The minimum Gasteiger partial charge on any atom is -0.388 e. The van der Waals surface area contributed by atoms with Crippen molar-refractivity contribution in [2.45, 2.75) is 26.7 Å². The monoisotopic (exact) mass is 204 g/mol. The van der Waals surface area contributed by atoms with Crippen LogP contribution < -0.4 is 5.32 Å². The van der Waals surface area contributed by atoms with Crippen LogP contribution in [-0.2, 0) is 6.42 Å². The highest BCUT2D eigenvalue weighted by atomic mass is 16.5. The molecule has 1 N–H and O–H groups in total. The van der Waals surface area contributed by atoms with E-state index in [9.17, 15) is 0 Å². The van der Waals surface area contributed by atoms with E-state index in [0.717, 1.165) is 35.2 Å². The minimum absolute atomic E-state index is 0.932. The van der Waals surface area contributed by atoms with Crippen LogP contribution in [0.4, 0.5) is 5.69 Å². The maximum Gasteiger partial charge on any atom is 0.172 e. The van der Waals surface area contributed by atoms with Gasteiger partial charge >= 0.3 is 0 Å². The highest BCUT2D eigenvalue weighted by Crippen LogP contribution is 2.28. The minimum atomic E-state index is 0.932. The van der Waals surface area contributed by atoms with Gasteiger partial charge in [0.15, 0.2) is 5.58 Å². The smallest absolute Gasteiger partial charge is 0.172 e. The SMILES string of the molecule is CCCc1c(NC)ccc2c(C)noc12. The van der Waals surface area contributed by atoms with E-state index in [1.54, 1.807) is 0 Å². The maximum absolute atomic E-state index is 5.38. The number of aromatic nitrogens is 1. The van der Waals surface area contributed by atoms with Crippen molar-refractivity contribution >= 4 is 16.7 Å². The molecule has 0 spiro atoms. The number of fused-ring (bicyclic) bond motifs is 1. The van der Waals surface area contributed by atoms with E-state index in [0.29, 0.717) is 0 Å². The molecule has 0 aliphatic carbocycles. The fourth-order valence-corrected chi connectivity index (χ4v) is 1.91. The number of rotatable bonds is 3. The molecule has 1 heterocycles. The summed E-state index contributed by atoms with van der Waals surface area (Å²) in [4.78, 5) is 0. The molecule has 3 heteroatoms. The first-order chi connectivity index (χ1) is 7.27. The summed E-state index contributed by atoms with van der Waals surface area (Å²) in [5.41, 5.74) is 4.27. The molecule has 1 aromatic heterocycles. The number of aryl methyl sites for hydroxylation is 2. The van der Waals surface area contributed by atoms with Gasteiger partial charge in [0.25, 0.3) is 0 Å². The van der Waals surface area contributed by atoms with Crippen LogP contribution in [0.15, 0.2) is 16.7 Å². The van der Waals surface area contributed by atoms with E-state index in [1.807, 2.05) is 14.0 Å². The van der Waals surface area contributed by atoms with Gasteiger partial charge < -0.3 is 9.84 Å². The Balaban J connectivity index is 2.67. The van der Waals surface area contributed by atoms with Crippen LogP contribution in [0.1, 0.15) is 24.6 Å². The Morgan fingerprint density at radius 3 is 2.87 bits per heavy atom. The molecule has 0 saturated heterocycles. The van der Waals surface area contributed by atoms with E-state index < -0.39 is 0 Å². The molecule has 0 fully saturated rings. The van der Waals surface area contributed by atoms with Gasteiger partial charge in [0, 0.05) is 23.7 Å². The highest BCUT2D eigenvalue weighted by Gasteiger charge is 2.12. The molecular weight excluding hydrogens is 188 g/mol. The van der Waals surface area contributed by atoms with E-state index in [-0.39, 0.29) is 0 Å². The number of nitrogens with zero attached hydrogens (tertiary/aromatic N) is 1. The fraction of sp³-hybridized carbons (Fsp3) is 0.417. The van der Waals surface area contributed by atoms with Crippen molar-refractivity contribution in [2.24, 2.45) is 0 Å². The van der Waals surface area contributed by atoms with Crippen LogP contribution >= 0.6 is 0 Å². The Hall–Kier alpha value is -1.51. The third kappa shape index (κ3) is 1.58. The number of nitrogens with one attached hydrogen (secondary N) is 1. The van der Waals surface area contributed by atoms with Gasteiger partial charge in [0.05, 0.1) is 5.69 Å². The summed E-state index contributed by atoms with van der Waals surface area (Å²) in [6, 6.07) is 4.16. The number of hydrogen-bond acceptors (Lipinski definition) is 3. The summed E-state index contributed by atoms with van der Waals surface area (Å²) in [6.07, 6.45) is 2.12. The predicted octanol–water partition coefficient (Wildman–Crippen LogP) is 3.13. The number of hydrogen-bond donors (Lipinski definition) is 1. The molecule has 80 valence electrons. The Kier molecular flexibility index (Phi) is 2.62. The second kappa shape index (κ2) is 3.93. The first-order valence-electron chi connectivity index (χ1n) is 5.33. The molecule has 0 atom stereocenters. The van der Waals surface area contributed by atoms with Crippen LogP contribution in [0.5, 0.6) is 0 Å². The van der Waals surface area contributed by atoms with E-state index in [1.165, 1.54) is 5.56 Å². The maximum atomic E-state index is 5.38. The summed E-state index contributed by atoms with van der Waals surface area (Å²) >= 11 is 0. The summed E-state index contributed by atoms with van der Waals surface area (Å²) in [6.45, 7) is 4.14. The molecule has 0 amide bonds. The van der Waals surface area contributed by atoms with Gasteiger partial charge in [0.2, 0.25) is 0 Å². The van der Waals surface area contributed by atoms with Crippen LogP contribution in [-0.4, -0.2) is 12.2 Å². The molecular formula is C12H16N2O. The zero-order valence-corrected chi connectivity index (χ0v) is 9.42. The van der Waals surface area contributed by atoms with Crippen molar-refractivity contribution in [3.63, 3.8) is 0 Å². The fourth-order valence-electron chi connectivity index (χ4n) is 1.91. The lowest BCUT2D eigenvalue weighted by Gasteiger charge is -2.07. The molecule has 2 aromatic rings.